The highest BCUT2D eigenvalue weighted by Gasteiger charge is 2.67. The molecular formula is C23H28O7. The second-order valence-corrected chi connectivity index (χ2v) is 9.62. The zero-order valence-corrected chi connectivity index (χ0v) is 17.8. The predicted molar refractivity (Wildman–Crippen MR) is 104 cm³/mol. The Morgan fingerprint density at radius 3 is 2.50 bits per heavy atom. The summed E-state index contributed by atoms with van der Waals surface area (Å²) in [4.78, 5) is 50.9. The van der Waals surface area contributed by atoms with Gasteiger partial charge in [0, 0.05) is 30.7 Å². The Morgan fingerprint density at radius 1 is 1.17 bits per heavy atom. The quantitative estimate of drug-likeness (QED) is 0.696. The lowest BCUT2D eigenvalue weighted by molar-refractivity contribution is -0.207. The number of hydrogen-bond acceptors (Lipinski definition) is 7. The number of hydrogen-bond donors (Lipinski definition) is 0. The van der Waals surface area contributed by atoms with Gasteiger partial charge >= 0.3 is 11.9 Å². The number of carbonyl (C=O) groups excluding carboxylic acids is 4. The Kier molecular flexibility index (Phi) is 4.90. The molecule has 162 valence electrons. The van der Waals surface area contributed by atoms with Crippen molar-refractivity contribution in [1.82, 2.24) is 0 Å². The van der Waals surface area contributed by atoms with E-state index in [1.54, 1.807) is 12.3 Å². The number of carbonyl (C=O) groups is 4. The van der Waals surface area contributed by atoms with E-state index < -0.39 is 46.8 Å². The Bertz CT molecular complexity index is 887. The third-order valence-electron chi connectivity index (χ3n) is 7.82. The molecule has 30 heavy (non-hydrogen) atoms. The third kappa shape index (κ3) is 3.01. The molecule has 0 bridgehead atoms. The molecule has 2 heterocycles. The summed E-state index contributed by atoms with van der Waals surface area (Å²) in [6.07, 6.45) is 3.39. The number of rotatable bonds is 3. The lowest BCUT2D eigenvalue weighted by Gasteiger charge is -2.61. The number of esters is 2. The predicted octanol–water partition coefficient (Wildman–Crippen LogP) is 3.42. The molecule has 0 spiro atoms. The van der Waals surface area contributed by atoms with E-state index in [0.717, 1.165) is 5.56 Å². The van der Waals surface area contributed by atoms with Crippen molar-refractivity contribution in [3.63, 3.8) is 0 Å². The topological polar surface area (TPSA) is 99.9 Å². The molecule has 3 unspecified atom stereocenters. The van der Waals surface area contributed by atoms with Gasteiger partial charge in [-0.3, -0.25) is 19.2 Å². The molecule has 0 N–H and O–H groups in total. The van der Waals surface area contributed by atoms with Crippen LogP contribution in [0.1, 0.15) is 65.0 Å². The van der Waals surface area contributed by atoms with Crippen LogP contribution in [0.3, 0.4) is 0 Å². The first-order valence-electron chi connectivity index (χ1n) is 10.5. The zero-order valence-electron chi connectivity index (χ0n) is 17.8. The summed E-state index contributed by atoms with van der Waals surface area (Å²) in [6.45, 7) is 6.74. The van der Waals surface area contributed by atoms with Crippen molar-refractivity contribution in [2.45, 2.75) is 65.6 Å². The molecule has 7 heteroatoms. The maximum atomic E-state index is 13.7. The molecule has 0 aromatic carbocycles. The number of ketones is 2. The fraction of sp³-hybridized carbons (Fsp3) is 0.652. The molecule has 1 aromatic heterocycles. The van der Waals surface area contributed by atoms with E-state index >= 15 is 0 Å². The molecule has 7 nitrogen and oxygen atoms in total. The molecule has 2 aliphatic carbocycles. The number of cyclic esters (lactones) is 1. The lowest BCUT2D eigenvalue weighted by atomic mass is 9.42. The third-order valence-corrected chi connectivity index (χ3v) is 7.82. The van der Waals surface area contributed by atoms with Crippen LogP contribution >= 0.6 is 0 Å². The van der Waals surface area contributed by atoms with E-state index in [0.29, 0.717) is 19.3 Å². The van der Waals surface area contributed by atoms with Crippen LogP contribution in [0.15, 0.2) is 23.0 Å². The number of fused-ring (bicyclic) bond motifs is 3. The average Bonchev–Trinajstić information content (AvgIpc) is 3.17. The Labute approximate surface area is 175 Å². The summed E-state index contributed by atoms with van der Waals surface area (Å²) in [5, 5.41) is 0. The number of Topliss-reactive ketones (excluding diaryl/α,β-unsaturated/α-hetero) is 2. The molecule has 1 aliphatic heterocycles. The minimum Gasteiger partial charge on any atom is -0.472 e. The van der Waals surface area contributed by atoms with E-state index in [1.165, 1.54) is 20.1 Å². The van der Waals surface area contributed by atoms with Gasteiger partial charge in [0.1, 0.15) is 11.9 Å². The summed E-state index contributed by atoms with van der Waals surface area (Å²) in [5.41, 5.74) is -0.560. The summed E-state index contributed by atoms with van der Waals surface area (Å²) in [5.74, 6) is -2.50. The van der Waals surface area contributed by atoms with Crippen LogP contribution in [0.25, 0.3) is 0 Å². The van der Waals surface area contributed by atoms with Crippen molar-refractivity contribution in [3.05, 3.63) is 24.2 Å². The first kappa shape index (κ1) is 20.8. The van der Waals surface area contributed by atoms with Crippen LogP contribution < -0.4 is 0 Å². The molecule has 0 amide bonds. The molecule has 4 rings (SSSR count). The number of furan rings is 1. The molecular weight excluding hydrogens is 388 g/mol. The van der Waals surface area contributed by atoms with Gasteiger partial charge in [0.2, 0.25) is 0 Å². The molecule has 7 atom stereocenters. The van der Waals surface area contributed by atoms with Gasteiger partial charge in [-0.2, -0.15) is 0 Å². The van der Waals surface area contributed by atoms with Crippen molar-refractivity contribution in [2.24, 2.45) is 28.6 Å². The van der Waals surface area contributed by atoms with E-state index in [1.807, 2.05) is 13.8 Å². The lowest BCUT2D eigenvalue weighted by Crippen LogP contribution is -2.64. The average molecular weight is 416 g/mol. The summed E-state index contributed by atoms with van der Waals surface area (Å²) < 4.78 is 16.2. The molecule has 0 radical (unpaired) electrons. The SMILES string of the molecule is CC(=O)O[C@H]1CC(C(C)=O)[C@]2(C)CCC3C(=O)O[C@H](c4ccoc4)C[C@]3(C)C2C1=O. The summed E-state index contributed by atoms with van der Waals surface area (Å²) in [7, 11) is 0. The monoisotopic (exact) mass is 416 g/mol. The van der Waals surface area contributed by atoms with Crippen LogP contribution in [0.2, 0.25) is 0 Å². The first-order valence-corrected chi connectivity index (χ1v) is 10.5. The molecule has 1 aromatic rings. The van der Waals surface area contributed by atoms with Gasteiger partial charge in [-0.05, 0) is 43.1 Å². The van der Waals surface area contributed by atoms with E-state index in [-0.39, 0.29) is 24.0 Å². The highest BCUT2D eigenvalue weighted by atomic mass is 16.6. The van der Waals surface area contributed by atoms with Gasteiger partial charge in [0.15, 0.2) is 11.9 Å². The standard InChI is InChI=1S/C23H28O7/c1-12(24)16-9-17(29-13(2)25)19(26)20-22(16,3)7-5-15-21(27)30-18(10-23(15,20)4)14-6-8-28-11-14/h6,8,11,15-18,20H,5,7,9-10H2,1-4H3/t15?,16?,17-,18-,20?,22-,23-/m0/s1. The van der Waals surface area contributed by atoms with Gasteiger partial charge < -0.3 is 13.9 Å². The minimum atomic E-state index is -0.963. The van der Waals surface area contributed by atoms with Crippen LogP contribution in [0, 0.1) is 28.6 Å². The summed E-state index contributed by atoms with van der Waals surface area (Å²) >= 11 is 0. The van der Waals surface area contributed by atoms with Crippen molar-refractivity contribution >= 4 is 23.5 Å². The fourth-order valence-corrected chi connectivity index (χ4v) is 6.59. The van der Waals surface area contributed by atoms with Gasteiger partial charge in [0.25, 0.3) is 0 Å². The maximum absolute atomic E-state index is 13.7. The second-order valence-electron chi connectivity index (χ2n) is 9.62. The highest BCUT2D eigenvalue weighted by molar-refractivity contribution is 5.93. The zero-order chi connectivity index (χ0) is 21.8. The molecule has 1 saturated heterocycles. The van der Waals surface area contributed by atoms with E-state index in [2.05, 4.69) is 0 Å². The fourth-order valence-electron chi connectivity index (χ4n) is 6.59. The highest BCUT2D eigenvalue weighted by Crippen LogP contribution is 2.65. The van der Waals surface area contributed by atoms with E-state index in [9.17, 15) is 19.2 Å². The smallest absolute Gasteiger partial charge is 0.310 e. The summed E-state index contributed by atoms with van der Waals surface area (Å²) in [6, 6.07) is 1.76. The first-order chi connectivity index (χ1) is 14.1. The van der Waals surface area contributed by atoms with Crippen molar-refractivity contribution < 1.29 is 33.1 Å². The minimum absolute atomic E-state index is 0.0148. The molecule has 3 aliphatic rings. The second kappa shape index (κ2) is 7.06. The van der Waals surface area contributed by atoms with Gasteiger partial charge in [-0.25, -0.2) is 0 Å². The normalized spacial score (nSPS) is 40.7. The Balaban J connectivity index is 1.79. The van der Waals surface area contributed by atoms with Gasteiger partial charge in [0.05, 0.1) is 18.4 Å². The van der Waals surface area contributed by atoms with Crippen LogP contribution in [0.4, 0.5) is 0 Å². The van der Waals surface area contributed by atoms with Crippen LogP contribution in [-0.2, 0) is 28.7 Å². The van der Waals surface area contributed by atoms with Crippen molar-refractivity contribution in [1.29, 1.82) is 0 Å². The van der Waals surface area contributed by atoms with E-state index in [4.69, 9.17) is 13.9 Å². The number of ether oxygens (including phenoxy) is 2. The largest absolute Gasteiger partial charge is 0.472 e. The van der Waals surface area contributed by atoms with Gasteiger partial charge in [-0.15, -0.1) is 0 Å². The van der Waals surface area contributed by atoms with Crippen LogP contribution in [0.5, 0.6) is 0 Å². The Hall–Kier alpha value is -2.44. The van der Waals surface area contributed by atoms with Crippen molar-refractivity contribution in [3.8, 4) is 0 Å². The Morgan fingerprint density at radius 2 is 1.90 bits per heavy atom. The molecule has 2 saturated carbocycles. The maximum Gasteiger partial charge on any atom is 0.310 e. The van der Waals surface area contributed by atoms with Crippen LogP contribution in [-0.4, -0.2) is 29.6 Å². The molecule has 3 fully saturated rings. The van der Waals surface area contributed by atoms with Gasteiger partial charge in [-0.1, -0.05) is 13.8 Å². The van der Waals surface area contributed by atoms with Crippen molar-refractivity contribution in [2.75, 3.05) is 0 Å².